The standard InChI is InChI=1S/C21H25N3O4/c1-14-6-15(10-22-9-14)11-26-17-4-5-27-21(8-17)12-24(13-21)20(25)18-7-19(28-23-18)16-2-3-16/h6-7,9-10,16-17H,2-5,8,11-13H2,1H3. The van der Waals surface area contributed by atoms with E-state index in [-0.39, 0.29) is 17.6 Å². The van der Waals surface area contributed by atoms with Crippen LogP contribution < -0.4 is 0 Å². The first-order chi connectivity index (χ1) is 13.6. The molecule has 7 heteroatoms. The lowest BCUT2D eigenvalue weighted by Crippen LogP contribution is -2.67. The van der Waals surface area contributed by atoms with Gasteiger partial charge in [-0.05, 0) is 37.3 Å². The lowest BCUT2D eigenvalue weighted by atomic mass is 9.84. The second-order valence-electron chi connectivity index (χ2n) is 8.38. The Morgan fingerprint density at radius 2 is 2.14 bits per heavy atom. The van der Waals surface area contributed by atoms with Gasteiger partial charge in [-0.15, -0.1) is 0 Å². The zero-order valence-electron chi connectivity index (χ0n) is 16.1. The summed E-state index contributed by atoms with van der Waals surface area (Å²) in [7, 11) is 0. The first kappa shape index (κ1) is 17.8. The molecule has 7 nitrogen and oxygen atoms in total. The van der Waals surface area contributed by atoms with Gasteiger partial charge in [-0.3, -0.25) is 9.78 Å². The third-order valence-corrected chi connectivity index (χ3v) is 5.84. The van der Waals surface area contributed by atoms with E-state index >= 15 is 0 Å². The van der Waals surface area contributed by atoms with Gasteiger partial charge in [-0.1, -0.05) is 11.2 Å². The minimum atomic E-state index is -0.285. The van der Waals surface area contributed by atoms with Crippen LogP contribution in [0.15, 0.2) is 29.0 Å². The molecule has 3 aliphatic rings. The van der Waals surface area contributed by atoms with E-state index in [0.717, 1.165) is 42.6 Å². The van der Waals surface area contributed by atoms with Crippen LogP contribution in [0.2, 0.25) is 0 Å². The number of amides is 1. The van der Waals surface area contributed by atoms with Crippen LogP contribution in [0.1, 0.15) is 59.0 Å². The molecule has 2 aromatic heterocycles. The minimum absolute atomic E-state index is 0.0706. The number of hydrogen-bond acceptors (Lipinski definition) is 6. The molecule has 0 bridgehead atoms. The third-order valence-electron chi connectivity index (χ3n) is 5.84. The molecule has 1 aliphatic carbocycles. The second-order valence-corrected chi connectivity index (χ2v) is 8.38. The molecule has 1 amide bonds. The van der Waals surface area contributed by atoms with Crippen molar-refractivity contribution in [3.63, 3.8) is 0 Å². The van der Waals surface area contributed by atoms with Crippen LogP contribution in [-0.4, -0.2) is 52.3 Å². The minimum Gasteiger partial charge on any atom is -0.373 e. The van der Waals surface area contributed by atoms with Crippen molar-refractivity contribution in [3.8, 4) is 0 Å². The van der Waals surface area contributed by atoms with E-state index in [9.17, 15) is 4.79 Å². The molecule has 2 aliphatic heterocycles. The number of aromatic nitrogens is 2. The number of aryl methyl sites for hydroxylation is 1. The highest BCUT2D eigenvalue weighted by Crippen LogP contribution is 2.41. The number of rotatable bonds is 5. The normalized spacial score (nSPS) is 23.6. The molecule has 0 N–H and O–H groups in total. The molecular formula is C21H25N3O4. The molecule has 1 unspecified atom stereocenters. The van der Waals surface area contributed by atoms with Gasteiger partial charge >= 0.3 is 0 Å². The Kier molecular flexibility index (Phi) is 4.44. The molecule has 28 heavy (non-hydrogen) atoms. The van der Waals surface area contributed by atoms with E-state index in [0.29, 0.717) is 37.9 Å². The summed E-state index contributed by atoms with van der Waals surface area (Å²) in [6.45, 7) is 4.42. The molecule has 5 rings (SSSR count). The van der Waals surface area contributed by atoms with Crippen molar-refractivity contribution >= 4 is 5.91 Å². The highest BCUT2D eigenvalue weighted by molar-refractivity contribution is 5.93. The van der Waals surface area contributed by atoms with Crippen LogP contribution in [0.3, 0.4) is 0 Å². The van der Waals surface area contributed by atoms with Gasteiger partial charge in [0.05, 0.1) is 25.8 Å². The fraction of sp³-hybridized carbons (Fsp3) is 0.571. The first-order valence-electron chi connectivity index (χ1n) is 10.0. The predicted molar refractivity (Wildman–Crippen MR) is 99.8 cm³/mol. The number of likely N-dealkylation sites (tertiary alicyclic amines) is 1. The fourth-order valence-electron chi connectivity index (χ4n) is 4.16. The van der Waals surface area contributed by atoms with Gasteiger partial charge < -0.3 is 18.9 Å². The molecule has 2 aromatic rings. The van der Waals surface area contributed by atoms with Gasteiger partial charge in [-0.25, -0.2) is 0 Å². The van der Waals surface area contributed by atoms with Crippen molar-refractivity contribution in [3.05, 3.63) is 47.1 Å². The summed E-state index contributed by atoms with van der Waals surface area (Å²) in [4.78, 5) is 18.7. The third kappa shape index (κ3) is 3.56. The quantitative estimate of drug-likeness (QED) is 0.790. The van der Waals surface area contributed by atoms with E-state index in [1.165, 1.54) is 0 Å². The lowest BCUT2D eigenvalue weighted by Gasteiger charge is -2.52. The van der Waals surface area contributed by atoms with Crippen molar-refractivity contribution < 1.29 is 18.8 Å². The summed E-state index contributed by atoms with van der Waals surface area (Å²) in [6, 6.07) is 3.90. The highest BCUT2D eigenvalue weighted by Gasteiger charge is 2.50. The summed E-state index contributed by atoms with van der Waals surface area (Å²) < 4.78 is 17.5. The van der Waals surface area contributed by atoms with Gasteiger partial charge in [-0.2, -0.15) is 0 Å². The molecule has 0 radical (unpaired) electrons. The lowest BCUT2D eigenvalue weighted by molar-refractivity contribution is -0.188. The van der Waals surface area contributed by atoms with E-state index in [4.69, 9.17) is 14.0 Å². The van der Waals surface area contributed by atoms with Crippen LogP contribution in [0.25, 0.3) is 0 Å². The number of ether oxygens (including phenoxy) is 2. The van der Waals surface area contributed by atoms with E-state index in [2.05, 4.69) is 16.2 Å². The Morgan fingerprint density at radius 3 is 2.93 bits per heavy atom. The monoisotopic (exact) mass is 383 g/mol. The summed E-state index contributed by atoms with van der Waals surface area (Å²) >= 11 is 0. The molecule has 1 spiro atoms. The van der Waals surface area contributed by atoms with Gasteiger partial charge in [0, 0.05) is 37.4 Å². The number of hydrogen-bond donors (Lipinski definition) is 0. The van der Waals surface area contributed by atoms with Crippen molar-refractivity contribution in [1.29, 1.82) is 0 Å². The smallest absolute Gasteiger partial charge is 0.276 e. The SMILES string of the molecule is Cc1cncc(COC2CCOC3(C2)CN(C(=O)c2cc(C4CC4)on2)C3)c1. The average Bonchev–Trinajstić information content (AvgIpc) is 3.41. The maximum atomic E-state index is 12.6. The van der Waals surface area contributed by atoms with Gasteiger partial charge in [0.15, 0.2) is 5.69 Å². The Morgan fingerprint density at radius 1 is 1.29 bits per heavy atom. The molecule has 148 valence electrons. The van der Waals surface area contributed by atoms with Gasteiger partial charge in [0.2, 0.25) is 0 Å². The fourth-order valence-corrected chi connectivity index (χ4v) is 4.16. The number of carbonyl (C=O) groups excluding carboxylic acids is 1. The Hall–Kier alpha value is -2.25. The Balaban J connectivity index is 1.15. The molecule has 3 fully saturated rings. The first-order valence-corrected chi connectivity index (χ1v) is 10.0. The largest absolute Gasteiger partial charge is 0.373 e. The maximum Gasteiger partial charge on any atom is 0.276 e. The average molecular weight is 383 g/mol. The van der Waals surface area contributed by atoms with E-state index in [1.54, 1.807) is 11.0 Å². The van der Waals surface area contributed by atoms with Gasteiger partial charge in [0.1, 0.15) is 11.4 Å². The van der Waals surface area contributed by atoms with Crippen LogP contribution >= 0.6 is 0 Å². The Labute approximate surface area is 164 Å². The molecule has 1 saturated carbocycles. The molecular weight excluding hydrogens is 358 g/mol. The maximum absolute atomic E-state index is 12.6. The van der Waals surface area contributed by atoms with Crippen LogP contribution in [-0.2, 0) is 16.1 Å². The predicted octanol–water partition coefficient (Wildman–Crippen LogP) is 2.85. The van der Waals surface area contributed by atoms with Crippen molar-refractivity contribution in [2.45, 2.75) is 56.8 Å². The summed E-state index contributed by atoms with van der Waals surface area (Å²) in [5, 5.41) is 3.96. The van der Waals surface area contributed by atoms with Crippen molar-refractivity contribution in [1.82, 2.24) is 15.0 Å². The Bertz CT molecular complexity index is 870. The van der Waals surface area contributed by atoms with Crippen LogP contribution in [0.4, 0.5) is 0 Å². The molecule has 2 saturated heterocycles. The topological polar surface area (TPSA) is 77.7 Å². The molecule has 4 heterocycles. The van der Waals surface area contributed by atoms with Crippen molar-refractivity contribution in [2.24, 2.45) is 0 Å². The molecule has 0 aromatic carbocycles. The van der Waals surface area contributed by atoms with Gasteiger partial charge in [0.25, 0.3) is 5.91 Å². The zero-order valence-corrected chi connectivity index (χ0v) is 16.1. The van der Waals surface area contributed by atoms with E-state index < -0.39 is 0 Å². The number of pyridine rings is 1. The highest BCUT2D eigenvalue weighted by atomic mass is 16.5. The summed E-state index contributed by atoms with van der Waals surface area (Å²) in [5.74, 6) is 1.23. The number of nitrogens with zero attached hydrogens (tertiary/aromatic N) is 3. The van der Waals surface area contributed by atoms with Crippen molar-refractivity contribution in [2.75, 3.05) is 19.7 Å². The zero-order chi connectivity index (χ0) is 19.1. The molecule has 1 atom stereocenters. The summed E-state index contributed by atoms with van der Waals surface area (Å²) in [5.41, 5.74) is 2.35. The van der Waals surface area contributed by atoms with Crippen LogP contribution in [0, 0.1) is 6.92 Å². The van der Waals surface area contributed by atoms with Crippen LogP contribution in [0.5, 0.6) is 0 Å². The van der Waals surface area contributed by atoms with E-state index in [1.807, 2.05) is 19.3 Å². The second kappa shape index (κ2) is 6.97. The summed E-state index contributed by atoms with van der Waals surface area (Å²) in [6.07, 6.45) is 7.77. The number of carbonyl (C=O) groups is 1.